The molecule has 126 heavy (non-hydrogen) atoms. The Labute approximate surface area is 739 Å². The van der Waals surface area contributed by atoms with Gasteiger partial charge in [0.1, 0.15) is 69.3 Å². The number of nitrogens with one attached hydrogen (secondary N) is 6. The minimum atomic E-state index is -1.65. The fourth-order valence-corrected chi connectivity index (χ4v) is 15.2. The Morgan fingerprint density at radius 3 is 0.714 bits per heavy atom. The van der Waals surface area contributed by atoms with Gasteiger partial charge >= 0.3 is 0 Å². The van der Waals surface area contributed by atoms with Crippen molar-refractivity contribution in [2.75, 3.05) is 47.7 Å². The van der Waals surface area contributed by atoms with Crippen LogP contribution in [0.4, 0.5) is 22.7 Å². The lowest BCUT2D eigenvalue weighted by Gasteiger charge is -2.29. The van der Waals surface area contributed by atoms with E-state index in [4.69, 9.17) is 18.9 Å². The number of amides is 6. The van der Waals surface area contributed by atoms with Crippen molar-refractivity contribution in [3.8, 4) is 57.5 Å². The largest absolute Gasteiger partial charge is 0.508 e. The van der Waals surface area contributed by atoms with E-state index in [2.05, 4.69) is 164 Å². The van der Waals surface area contributed by atoms with Crippen LogP contribution in [-0.2, 0) is 76.1 Å². The number of fused-ring (bicyclic) bond motifs is 8. The van der Waals surface area contributed by atoms with E-state index in [1.807, 2.05) is 0 Å². The van der Waals surface area contributed by atoms with Gasteiger partial charge in [-0.2, -0.15) is 0 Å². The molecule has 0 heterocycles. The maximum atomic E-state index is 14.6. The second kappa shape index (κ2) is 38.6. The van der Waals surface area contributed by atoms with Gasteiger partial charge < -0.3 is 81.5 Å². The van der Waals surface area contributed by atoms with Crippen LogP contribution in [0.25, 0.3) is 0 Å². The average molecular weight is 1710 g/mol. The molecule has 11 rings (SSSR count). The maximum absolute atomic E-state index is 14.6. The summed E-state index contributed by atoms with van der Waals surface area (Å²) in [6.07, 6.45) is 1.82. The first-order chi connectivity index (χ1) is 59.1. The molecule has 1 aliphatic rings. The lowest BCUT2D eigenvalue weighted by molar-refractivity contribution is -0.136. The van der Waals surface area contributed by atoms with E-state index in [1.165, 1.54) is 97.1 Å². The SMILES string of the molecule is CC(C)(C)NC(=O)C(c1ccc(OCCCOc2c3cc(C(C)(C)C)cc2Cc2cc(C(C)(C)C)cc(c2O)Cc2cc(C(C)(C)C)cc(c2OCCCOc2ccc(C(C(=O)NC(C)(C)C)C(C(=O)Nc4ccc(O)cc4)C(=O)Nc4ccc(O)cc4)cc2)Cc2cc(C(C)(C)C)cc(c2O)C3)cc1)C(C(=O)Nc1ccc(O)cc1)C(=O)Nc1ccc(O)cc1. The van der Waals surface area contributed by atoms with Gasteiger partial charge in [-0.3, -0.25) is 28.8 Å². The van der Waals surface area contributed by atoms with Crippen LogP contribution in [0.3, 0.4) is 0 Å². The number of benzene rings is 10. The first-order valence-corrected chi connectivity index (χ1v) is 42.9. The Bertz CT molecular complexity index is 5010. The van der Waals surface area contributed by atoms with Crippen LogP contribution in [0.5, 0.6) is 57.5 Å². The third-order valence-electron chi connectivity index (χ3n) is 22.0. The zero-order valence-electron chi connectivity index (χ0n) is 75.6. The molecule has 1 aliphatic carbocycles. The normalized spacial score (nSPS) is 13.0. The zero-order chi connectivity index (χ0) is 91.7. The Hall–Kier alpha value is -13.0. The summed E-state index contributed by atoms with van der Waals surface area (Å²) >= 11 is 0. The highest BCUT2D eigenvalue weighted by Gasteiger charge is 2.44. The molecular weight excluding hydrogens is 1590 g/mol. The molecule has 0 saturated carbocycles. The Morgan fingerprint density at radius 1 is 0.286 bits per heavy atom. The second-order valence-electron chi connectivity index (χ2n) is 39.0. The summed E-state index contributed by atoms with van der Waals surface area (Å²) in [5.74, 6) is -8.14. The number of hydrogen-bond donors (Lipinski definition) is 12. The number of carbonyl (C=O) groups excluding carboxylic acids is 6. The summed E-state index contributed by atoms with van der Waals surface area (Å²) < 4.78 is 27.1. The molecular formula is C104H122N6O16. The number of phenols is 6. The van der Waals surface area contributed by atoms with Crippen molar-refractivity contribution in [2.45, 2.75) is 208 Å². The van der Waals surface area contributed by atoms with Gasteiger partial charge in [-0.25, -0.2) is 0 Å². The number of phenolic OH excluding ortho intramolecular Hbond substituents is 6. The van der Waals surface area contributed by atoms with E-state index < -0.39 is 70.2 Å². The summed E-state index contributed by atoms with van der Waals surface area (Å²) in [6, 6.07) is 53.4. The van der Waals surface area contributed by atoms with Gasteiger partial charge in [0.25, 0.3) is 0 Å². The number of anilines is 4. The van der Waals surface area contributed by atoms with Gasteiger partial charge in [0, 0.05) is 72.4 Å². The van der Waals surface area contributed by atoms with Crippen LogP contribution in [0.1, 0.15) is 227 Å². The highest BCUT2D eigenvalue weighted by Crippen LogP contribution is 2.46. The molecule has 2 unspecified atom stereocenters. The van der Waals surface area contributed by atoms with Crippen molar-refractivity contribution in [1.82, 2.24) is 10.6 Å². The summed E-state index contributed by atoms with van der Waals surface area (Å²) in [7, 11) is 0. The summed E-state index contributed by atoms with van der Waals surface area (Å²) in [4.78, 5) is 87.4. The van der Waals surface area contributed by atoms with E-state index in [1.54, 1.807) is 90.1 Å². The molecule has 22 nitrogen and oxygen atoms in total. The van der Waals surface area contributed by atoms with Gasteiger partial charge in [-0.05, 0) is 262 Å². The summed E-state index contributed by atoms with van der Waals surface area (Å²) in [6.45, 7) is 37.5. The van der Waals surface area contributed by atoms with Gasteiger partial charge in [-0.1, -0.05) is 156 Å². The fraction of sp³-hybridized carbons (Fsp3) is 0.365. The van der Waals surface area contributed by atoms with E-state index in [0.717, 1.165) is 44.5 Å². The Morgan fingerprint density at radius 2 is 0.500 bits per heavy atom. The van der Waals surface area contributed by atoms with Crippen molar-refractivity contribution in [2.24, 2.45) is 11.8 Å². The van der Waals surface area contributed by atoms with Crippen molar-refractivity contribution in [3.05, 3.63) is 272 Å². The van der Waals surface area contributed by atoms with Crippen LogP contribution in [0.15, 0.2) is 194 Å². The number of ether oxygens (including phenoxy) is 4. The highest BCUT2D eigenvalue weighted by atomic mass is 16.5. The van der Waals surface area contributed by atoms with Crippen LogP contribution in [0, 0.1) is 11.8 Å². The van der Waals surface area contributed by atoms with Gasteiger partial charge in [0.2, 0.25) is 35.4 Å². The monoisotopic (exact) mass is 1710 g/mol. The van der Waals surface area contributed by atoms with E-state index in [-0.39, 0.29) is 131 Å². The molecule has 10 aromatic carbocycles. The number of carbonyl (C=O) groups is 6. The van der Waals surface area contributed by atoms with Crippen LogP contribution < -0.4 is 50.8 Å². The number of rotatable bonds is 26. The molecule has 0 aromatic heterocycles. The molecule has 0 radical (unpaired) electrons. The van der Waals surface area contributed by atoms with Crippen molar-refractivity contribution in [1.29, 1.82) is 0 Å². The fourth-order valence-electron chi connectivity index (χ4n) is 15.2. The van der Waals surface area contributed by atoms with E-state index in [9.17, 15) is 59.4 Å². The molecule has 6 amide bonds. The quantitative estimate of drug-likeness (QED) is 0.0136. The highest BCUT2D eigenvalue weighted by molar-refractivity contribution is 6.15. The Balaban J connectivity index is 0.894. The lowest BCUT2D eigenvalue weighted by Crippen LogP contribution is -2.49. The van der Waals surface area contributed by atoms with Crippen LogP contribution >= 0.6 is 0 Å². The topological polar surface area (TPSA) is 333 Å². The second-order valence-corrected chi connectivity index (χ2v) is 39.0. The van der Waals surface area contributed by atoms with Gasteiger partial charge in [0.05, 0.1) is 38.3 Å². The first-order valence-electron chi connectivity index (χ1n) is 42.9. The molecule has 664 valence electrons. The molecule has 0 spiro atoms. The predicted octanol–water partition coefficient (Wildman–Crippen LogP) is 19.3. The first kappa shape index (κ1) is 93.7. The van der Waals surface area contributed by atoms with Crippen LogP contribution in [0.2, 0.25) is 0 Å². The zero-order valence-corrected chi connectivity index (χ0v) is 75.6. The van der Waals surface area contributed by atoms with E-state index in [0.29, 0.717) is 69.2 Å². The summed E-state index contributed by atoms with van der Waals surface area (Å²) in [5, 5.41) is 83.5. The van der Waals surface area contributed by atoms with Crippen molar-refractivity contribution in [3.63, 3.8) is 0 Å². The molecule has 2 atom stereocenters. The molecule has 12 N–H and O–H groups in total. The van der Waals surface area contributed by atoms with E-state index >= 15 is 0 Å². The average Bonchev–Trinajstić information content (AvgIpc) is 0.779. The van der Waals surface area contributed by atoms with Crippen molar-refractivity contribution >= 4 is 58.2 Å². The molecule has 8 bridgehead atoms. The molecule has 0 aliphatic heterocycles. The minimum Gasteiger partial charge on any atom is -0.508 e. The predicted molar refractivity (Wildman–Crippen MR) is 494 cm³/mol. The lowest BCUT2D eigenvalue weighted by atomic mass is 9.79. The minimum absolute atomic E-state index is 0.0351. The molecule has 22 heteroatoms. The molecule has 0 fully saturated rings. The molecule has 0 saturated heterocycles. The standard InChI is InChI=1S/C104H122N6O16/c1-99(2,3)71-53-63-49-67-57-73(101(7,8)9)59-69(91(67)125-47-19-45-123-83-41-21-61(22-42-83)85(97(121)109-103(13,14)15)87(93(117)105-75-25-33-79(111)34-26-75)94(118)106-76-27-35-80(112)36-28-76)51-65-55-72(100(4,5)6)56-66(90(65)116)52-70-60-74(102(10,11)12)58-68(50-64(54-71)89(63)115)92(70)126-48-20-46-124-84-43-23-62(24-44-84)86(98(122)110-104(16,17)18)88(95(119)107-77-29-37-81(113)38-30-77)96(120)108-78-31-39-82(114)40-32-78/h21-44,53-60,85-88,111-116H,19-20,45-52H2,1-18H3,(H,105,117)(H,106,118)(H,107,119)(H,108,120)(H,109,121)(H,110,122). The maximum Gasteiger partial charge on any atom is 0.238 e. The third kappa shape index (κ3) is 24.7. The molecule has 10 aromatic rings. The summed E-state index contributed by atoms with van der Waals surface area (Å²) in [5.41, 5.74) is 8.91. The van der Waals surface area contributed by atoms with Gasteiger partial charge in [0.15, 0.2) is 0 Å². The smallest absolute Gasteiger partial charge is 0.238 e. The number of hydrogen-bond acceptors (Lipinski definition) is 16. The third-order valence-corrected chi connectivity index (χ3v) is 22.0. The number of aromatic hydroxyl groups is 6. The van der Waals surface area contributed by atoms with Gasteiger partial charge in [-0.15, -0.1) is 0 Å². The van der Waals surface area contributed by atoms with Crippen LogP contribution in [-0.4, -0.2) is 104 Å². The van der Waals surface area contributed by atoms with Crippen molar-refractivity contribution < 1.29 is 78.4 Å². The Kier molecular flexibility index (Phi) is 28.7.